The van der Waals surface area contributed by atoms with Crippen LogP contribution in [0, 0.1) is 5.92 Å². The van der Waals surface area contributed by atoms with Crippen LogP contribution in [0.3, 0.4) is 0 Å². The van der Waals surface area contributed by atoms with Crippen molar-refractivity contribution in [2.75, 3.05) is 5.32 Å². The van der Waals surface area contributed by atoms with E-state index < -0.39 is 16.1 Å². The number of aromatic amines is 2. The Labute approximate surface area is 166 Å². The third-order valence-corrected chi connectivity index (χ3v) is 6.01. The molecule has 0 aliphatic carbocycles. The molecule has 4 rings (SSSR count). The fourth-order valence-corrected chi connectivity index (χ4v) is 4.44. The van der Waals surface area contributed by atoms with Gasteiger partial charge in [-0.25, -0.2) is 13.2 Å². The van der Waals surface area contributed by atoms with Gasteiger partial charge in [-0.2, -0.15) is 0 Å². The summed E-state index contributed by atoms with van der Waals surface area (Å²) in [5.41, 5.74) is 1.80. The van der Waals surface area contributed by atoms with Gasteiger partial charge in [-0.05, 0) is 36.2 Å². The molecular weight excluding hydrogens is 394 g/mol. The molecule has 9 nitrogen and oxygen atoms in total. The number of aliphatic imine (C=N–C) groups is 1. The second-order valence-electron chi connectivity index (χ2n) is 7.10. The van der Waals surface area contributed by atoms with E-state index in [-0.39, 0.29) is 28.2 Å². The Morgan fingerprint density at radius 2 is 1.79 bits per heavy atom. The van der Waals surface area contributed by atoms with E-state index >= 15 is 0 Å². The number of anilines is 1. The highest BCUT2D eigenvalue weighted by Crippen LogP contribution is 2.24. The molecule has 0 unspecified atom stereocenters. The van der Waals surface area contributed by atoms with Crippen molar-refractivity contribution < 1.29 is 13.2 Å². The van der Waals surface area contributed by atoms with Crippen molar-refractivity contribution in [3.05, 3.63) is 58.5 Å². The summed E-state index contributed by atoms with van der Waals surface area (Å²) in [5.74, 6) is -0.413. The highest BCUT2D eigenvalue weighted by Gasteiger charge is 2.32. The molecule has 150 valence electrons. The quantitative estimate of drug-likeness (QED) is 0.516. The van der Waals surface area contributed by atoms with E-state index in [0.29, 0.717) is 22.3 Å². The number of H-pyrrole nitrogens is 2. The van der Waals surface area contributed by atoms with Crippen molar-refractivity contribution in [1.29, 1.82) is 0 Å². The zero-order valence-electron chi connectivity index (χ0n) is 15.7. The Morgan fingerprint density at radius 1 is 1.07 bits per heavy atom. The SMILES string of the molecule is CC(C)[C@H](N=C1NS(=O)(=O)c2ccccc21)C(=O)Nc1ccc2[nH]c(=O)[nH]c2c1. The molecule has 1 aliphatic rings. The maximum absolute atomic E-state index is 12.9. The average Bonchev–Trinajstić information content (AvgIpc) is 3.15. The van der Waals surface area contributed by atoms with E-state index in [1.165, 1.54) is 6.07 Å². The van der Waals surface area contributed by atoms with Crippen LogP contribution >= 0.6 is 0 Å². The number of carbonyl (C=O) groups excluding carboxylic acids is 1. The van der Waals surface area contributed by atoms with Gasteiger partial charge in [0.2, 0.25) is 5.91 Å². The Morgan fingerprint density at radius 3 is 2.55 bits per heavy atom. The second-order valence-corrected chi connectivity index (χ2v) is 8.75. The smallest absolute Gasteiger partial charge is 0.323 e. The van der Waals surface area contributed by atoms with Crippen molar-refractivity contribution in [2.45, 2.75) is 24.8 Å². The lowest BCUT2D eigenvalue weighted by molar-refractivity contribution is -0.118. The second kappa shape index (κ2) is 6.89. The number of imidazole rings is 1. The first-order valence-electron chi connectivity index (χ1n) is 8.97. The number of amidine groups is 1. The van der Waals surface area contributed by atoms with E-state index in [1.807, 2.05) is 13.8 Å². The number of hydrogen-bond donors (Lipinski definition) is 4. The number of sulfonamides is 1. The van der Waals surface area contributed by atoms with E-state index in [2.05, 4.69) is 25.0 Å². The molecule has 0 spiro atoms. The van der Waals surface area contributed by atoms with E-state index in [1.54, 1.807) is 36.4 Å². The standard InChI is InChI=1S/C19H19N5O4S/c1-10(2)16(23-17-12-5-3-4-6-15(12)29(27,28)24-17)18(25)20-11-7-8-13-14(9-11)22-19(26)21-13/h3-10,16H,1-2H3,(H,20,25)(H,23,24)(H2,21,22,26)/t16-/m0/s1. The predicted octanol–water partition coefficient (Wildman–Crippen LogP) is 1.56. The summed E-state index contributed by atoms with van der Waals surface area (Å²) in [6, 6.07) is 10.7. The maximum atomic E-state index is 12.9. The van der Waals surface area contributed by atoms with Gasteiger partial charge in [-0.15, -0.1) is 0 Å². The Bertz CT molecular complexity index is 1300. The highest BCUT2D eigenvalue weighted by atomic mass is 32.2. The van der Waals surface area contributed by atoms with Gasteiger partial charge in [0, 0.05) is 11.3 Å². The lowest BCUT2D eigenvalue weighted by Crippen LogP contribution is -2.34. The number of rotatable bonds is 4. The topological polar surface area (TPSA) is 136 Å². The van der Waals surface area contributed by atoms with Crippen LogP contribution < -0.4 is 15.7 Å². The summed E-state index contributed by atoms with van der Waals surface area (Å²) in [6.07, 6.45) is 0. The van der Waals surface area contributed by atoms with Crippen LogP contribution in [0.2, 0.25) is 0 Å². The van der Waals surface area contributed by atoms with Crippen LogP contribution in [0.15, 0.2) is 57.1 Å². The number of nitrogens with one attached hydrogen (secondary N) is 4. The van der Waals surface area contributed by atoms with E-state index in [9.17, 15) is 18.0 Å². The molecule has 1 amide bonds. The van der Waals surface area contributed by atoms with Crippen molar-refractivity contribution in [3.63, 3.8) is 0 Å². The van der Waals surface area contributed by atoms with Crippen LogP contribution in [0.4, 0.5) is 5.69 Å². The molecule has 4 N–H and O–H groups in total. The molecule has 1 aromatic heterocycles. The maximum Gasteiger partial charge on any atom is 0.323 e. The van der Waals surface area contributed by atoms with Gasteiger partial charge in [0.05, 0.1) is 15.9 Å². The fraction of sp³-hybridized carbons (Fsp3) is 0.211. The lowest BCUT2D eigenvalue weighted by atomic mass is 10.0. The van der Waals surface area contributed by atoms with Crippen LogP contribution in [0.1, 0.15) is 19.4 Å². The molecule has 0 bridgehead atoms. The molecule has 2 heterocycles. The zero-order valence-corrected chi connectivity index (χ0v) is 16.5. The molecule has 0 saturated heterocycles. The summed E-state index contributed by atoms with van der Waals surface area (Å²) >= 11 is 0. The Kier molecular flexibility index (Phi) is 4.50. The first-order chi connectivity index (χ1) is 13.7. The van der Waals surface area contributed by atoms with Crippen LogP contribution in [-0.2, 0) is 14.8 Å². The molecule has 0 fully saturated rings. The van der Waals surface area contributed by atoms with E-state index in [0.717, 1.165) is 0 Å². The zero-order chi connectivity index (χ0) is 20.8. The van der Waals surface area contributed by atoms with Crippen LogP contribution in [-0.4, -0.2) is 36.2 Å². The highest BCUT2D eigenvalue weighted by molar-refractivity contribution is 7.90. The number of carbonyl (C=O) groups is 1. The molecular formula is C19H19N5O4S. The van der Waals surface area contributed by atoms with Gasteiger partial charge in [-0.3, -0.25) is 14.5 Å². The number of nitrogens with zero attached hydrogens (tertiary/aromatic N) is 1. The van der Waals surface area contributed by atoms with Crippen molar-refractivity contribution in [1.82, 2.24) is 14.7 Å². The van der Waals surface area contributed by atoms with Crippen LogP contribution in [0.25, 0.3) is 11.0 Å². The van der Waals surface area contributed by atoms with Gasteiger partial charge in [0.25, 0.3) is 10.0 Å². The van der Waals surface area contributed by atoms with Gasteiger partial charge < -0.3 is 15.3 Å². The molecule has 2 aromatic carbocycles. The minimum absolute atomic E-state index is 0.142. The number of amides is 1. The minimum atomic E-state index is -3.68. The monoisotopic (exact) mass is 413 g/mol. The van der Waals surface area contributed by atoms with Crippen molar-refractivity contribution in [2.24, 2.45) is 10.9 Å². The molecule has 1 aliphatic heterocycles. The third-order valence-electron chi connectivity index (χ3n) is 4.61. The van der Waals surface area contributed by atoms with Crippen LogP contribution in [0.5, 0.6) is 0 Å². The lowest BCUT2D eigenvalue weighted by Gasteiger charge is -2.17. The van der Waals surface area contributed by atoms with E-state index in [4.69, 9.17) is 0 Å². The molecule has 3 aromatic rings. The molecule has 10 heteroatoms. The first kappa shape index (κ1) is 18.9. The normalized spacial score (nSPS) is 17.3. The summed E-state index contributed by atoms with van der Waals surface area (Å²) in [4.78, 5) is 34.1. The number of fused-ring (bicyclic) bond motifs is 2. The van der Waals surface area contributed by atoms with Gasteiger partial charge in [0.15, 0.2) is 0 Å². The third kappa shape index (κ3) is 3.54. The van der Waals surface area contributed by atoms with Gasteiger partial charge in [-0.1, -0.05) is 26.0 Å². The molecule has 1 atom stereocenters. The fourth-order valence-electron chi connectivity index (χ4n) is 3.21. The minimum Gasteiger partial charge on any atom is -0.324 e. The van der Waals surface area contributed by atoms with Gasteiger partial charge >= 0.3 is 5.69 Å². The summed E-state index contributed by atoms with van der Waals surface area (Å²) < 4.78 is 27.0. The Hall–Kier alpha value is -3.40. The number of aromatic nitrogens is 2. The molecule has 0 radical (unpaired) electrons. The average molecular weight is 413 g/mol. The first-order valence-corrected chi connectivity index (χ1v) is 10.5. The summed E-state index contributed by atoms with van der Waals surface area (Å²) in [6.45, 7) is 3.66. The molecule has 0 saturated carbocycles. The number of benzene rings is 2. The Balaban J connectivity index is 1.64. The predicted molar refractivity (Wildman–Crippen MR) is 109 cm³/mol. The van der Waals surface area contributed by atoms with Crippen molar-refractivity contribution >= 4 is 38.5 Å². The molecule has 29 heavy (non-hydrogen) atoms. The van der Waals surface area contributed by atoms with Crippen molar-refractivity contribution in [3.8, 4) is 0 Å². The number of hydrogen-bond acceptors (Lipinski definition) is 5. The summed E-state index contributed by atoms with van der Waals surface area (Å²) in [7, 11) is -3.68. The van der Waals surface area contributed by atoms with Gasteiger partial charge in [0.1, 0.15) is 11.9 Å². The largest absolute Gasteiger partial charge is 0.324 e. The summed E-state index contributed by atoms with van der Waals surface area (Å²) in [5, 5.41) is 2.78.